The van der Waals surface area contributed by atoms with Crippen LogP contribution in [-0.2, 0) is 20.1 Å². The number of nitrogens with zero attached hydrogens (tertiary/aromatic N) is 3. The van der Waals surface area contributed by atoms with Crippen molar-refractivity contribution in [1.82, 2.24) is 5.32 Å². The summed E-state index contributed by atoms with van der Waals surface area (Å²) in [6.07, 6.45) is 7.53. The number of benzene rings is 5. The second-order valence-corrected chi connectivity index (χ2v) is 22.0. The number of aliphatic hydroxyl groups is 5. The van der Waals surface area contributed by atoms with E-state index in [1.807, 2.05) is 26.8 Å². The number of carbonyl (C=O) groups excluding carboxylic acids is 4. The fraction of sp³-hybridized carbons (Fsp3) is 0.387. The smallest absolute Gasteiger partial charge is 0.312 e. The number of piperidine rings is 1. The van der Waals surface area contributed by atoms with Crippen LogP contribution in [0.15, 0.2) is 119 Å². The summed E-state index contributed by atoms with van der Waals surface area (Å²) < 4.78 is 42.4. The number of ketones is 1. The van der Waals surface area contributed by atoms with Gasteiger partial charge in [-0.15, -0.1) is 0 Å². The molecule has 8 atom stereocenters. The number of fused-ring (bicyclic) bond motifs is 13. The lowest BCUT2D eigenvalue weighted by Gasteiger charge is -2.38. The molecule has 5 aromatic rings. The highest BCUT2D eigenvalue weighted by molar-refractivity contribution is 6.19. The van der Waals surface area contributed by atoms with Crippen LogP contribution in [0.5, 0.6) is 17.2 Å². The minimum Gasteiger partial charge on any atom is -0.507 e. The third-order valence-electron chi connectivity index (χ3n) is 16.1. The highest BCUT2D eigenvalue weighted by atomic mass is 19.1. The van der Waals surface area contributed by atoms with Gasteiger partial charge in [-0.3, -0.25) is 29.2 Å². The number of rotatable bonds is 7. The van der Waals surface area contributed by atoms with Gasteiger partial charge in [0.25, 0.3) is 23.5 Å². The van der Waals surface area contributed by atoms with Crippen molar-refractivity contribution in [3.05, 3.63) is 154 Å². The number of hydrogen-bond acceptors (Lipinski definition) is 16. The van der Waals surface area contributed by atoms with Gasteiger partial charge in [0.05, 0.1) is 51.7 Å². The second-order valence-electron chi connectivity index (χ2n) is 22.0. The van der Waals surface area contributed by atoms with Crippen molar-refractivity contribution in [2.24, 2.45) is 33.7 Å². The van der Waals surface area contributed by atoms with Crippen LogP contribution in [0, 0.1) is 42.2 Å². The summed E-state index contributed by atoms with van der Waals surface area (Å²) in [5.74, 6) is -12.6. The Morgan fingerprint density at radius 3 is 2.20 bits per heavy atom. The summed E-state index contributed by atoms with van der Waals surface area (Å²) in [6, 6.07) is 13.5. The van der Waals surface area contributed by atoms with Crippen LogP contribution in [0.1, 0.15) is 99.1 Å². The van der Waals surface area contributed by atoms with E-state index in [2.05, 4.69) is 16.0 Å². The highest BCUT2D eigenvalue weighted by Gasteiger charge is 2.50. The van der Waals surface area contributed by atoms with Crippen molar-refractivity contribution in [3.8, 4) is 17.2 Å². The monoisotopic (exact) mass is 1140 g/mol. The molecule has 0 aliphatic carbocycles. The van der Waals surface area contributed by atoms with Crippen LogP contribution in [0.4, 0.5) is 25.8 Å². The normalized spacial score (nSPS) is 25.2. The Balaban J connectivity index is 0.00000445. The molecule has 83 heavy (non-hydrogen) atoms. The summed E-state index contributed by atoms with van der Waals surface area (Å²) in [7, 11) is 1.00. The van der Waals surface area contributed by atoms with Crippen LogP contribution < -0.4 is 36.3 Å². The number of phenolic OH excluding ortho intramolecular Hbond substituents is 2. The van der Waals surface area contributed by atoms with E-state index in [4.69, 9.17) is 24.6 Å². The Labute approximate surface area is 478 Å². The number of ether oxygens (including phenoxy) is 2. The molecular formula is C62H70F2N6O13. The van der Waals surface area contributed by atoms with Crippen molar-refractivity contribution in [2.75, 3.05) is 35.7 Å². The number of phenols is 2. The van der Waals surface area contributed by atoms with E-state index in [-0.39, 0.29) is 110 Å². The molecule has 21 heteroatoms. The Kier molecular flexibility index (Phi) is 17.9. The van der Waals surface area contributed by atoms with Crippen LogP contribution in [0.2, 0.25) is 0 Å². The lowest BCUT2D eigenvalue weighted by atomic mass is 9.80. The summed E-state index contributed by atoms with van der Waals surface area (Å²) in [6.45, 7) is 12.2. The van der Waals surface area contributed by atoms with Crippen molar-refractivity contribution in [3.63, 3.8) is 0 Å². The van der Waals surface area contributed by atoms with Crippen LogP contribution in [0.3, 0.4) is 0 Å². The lowest BCUT2D eigenvalue weighted by molar-refractivity contribution is -0.191. The van der Waals surface area contributed by atoms with Crippen LogP contribution >= 0.6 is 0 Å². The number of anilines is 3. The minimum atomic E-state index is -3.08. The van der Waals surface area contributed by atoms with Crippen LogP contribution in [0.25, 0.3) is 10.8 Å². The number of hydrogen-bond donors (Lipinski definition) is 10. The van der Waals surface area contributed by atoms with E-state index in [1.54, 1.807) is 43.0 Å². The molecule has 440 valence electrons. The first-order valence-corrected chi connectivity index (χ1v) is 27.3. The zero-order chi connectivity index (χ0) is 60.5. The highest BCUT2D eigenvalue weighted by Crippen LogP contribution is 2.50. The second kappa shape index (κ2) is 24.4. The maximum Gasteiger partial charge on any atom is 0.312 e. The molecule has 19 nitrogen and oxygen atoms in total. The third kappa shape index (κ3) is 11.9. The van der Waals surface area contributed by atoms with E-state index in [0.717, 1.165) is 31.4 Å². The zero-order valence-corrected chi connectivity index (χ0v) is 47.3. The molecule has 1 spiro atoms. The molecule has 0 radical (unpaired) electrons. The minimum absolute atomic E-state index is 0.00308. The predicted molar refractivity (Wildman–Crippen MR) is 305 cm³/mol. The van der Waals surface area contributed by atoms with E-state index in [9.17, 15) is 54.2 Å². The number of aromatic hydroxyl groups is 2. The first kappa shape index (κ1) is 61.0. The molecule has 10 rings (SSSR count). The number of aliphatic hydroxyl groups excluding tert-OH is 3. The number of carbonyl (C=O) groups is 4. The van der Waals surface area contributed by atoms with E-state index in [1.165, 1.54) is 62.6 Å². The molecule has 5 bridgehead atoms. The molecule has 10 N–H and O–H groups in total. The van der Waals surface area contributed by atoms with Gasteiger partial charge in [0.1, 0.15) is 34.2 Å². The van der Waals surface area contributed by atoms with Gasteiger partial charge < -0.3 is 66.1 Å². The average Bonchev–Trinajstić information content (AvgIpc) is 1.76. The summed E-state index contributed by atoms with van der Waals surface area (Å²) >= 11 is 0. The molecule has 5 aliphatic heterocycles. The summed E-state index contributed by atoms with van der Waals surface area (Å²) in [5, 5.41) is 84.5. The van der Waals surface area contributed by atoms with E-state index >= 15 is 4.39 Å². The van der Waals surface area contributed by atoms with Gasteiger partial charge in [-0.1, -0.05) is 88.4 Å². The Morgan fingerprint density at radius 1 is 0.867 bits per heavy atom. The quantitative estimate of drug-likeness (QED) is 0.0608. The first-order chi connectivity index (χ1) is 39.4. The van der Waals surface area contributed by atoms with Gasteiger partial charge in [0.15, 0.2) is 17.5 Å². The van der Waals surface area contributed by atoms with Crippen molar-refractivity contribution in [1.29, 1.82) is 0 Å². The van der Waals surface area contributed by atoms with Gasteiger partial charge in [-0.2, -0.15) is 0 Å². The van der Waals surface area contributed by atoms with Gasteiger partial charge in [-0.05, 0) is 80.9 Å². The molecule has 5 heterocycles. The molecule has 1 fully saturated rings. The maximum absolute atomic E-state index is 15.2. The summed E-state index contributed by atoms with van der Waals surface area (Å²) in [5.41, 5.74) is -1.84. The largest absolute Gasteiger partial charge is 0.507 e. The number of nitrogens with one attached hydrogen (secondary N) is 3. The SMILES string of the molecule is C/C1=C/C=C/C(C)C[C@@H](C)C(O)C(C)C(O)[C@H](C)C/C=C/O[C@]2(C)Oc3c(C)c(O)c4c(O)c(c5c(c4c3C2=O)=NC2(CCN(c3ccc(F)cc3NC(=O)C(NC(=O)c3ccccc3F)C(O)(O)c3ccccc3)CC2)N=5)NC1=O.CO. The maximum atomic E-state index is 15.2. The van der Waals surface area contributed by atoms with Gasteiger partial charge >= 0.3 is 5.79 Å². The van der Waals surface area contributed by atoms with Crippen LogP contribution in [-0.4, -0.2) is 109 Å². The molecule has 1 saturated heterocycles. The standard InChI is InChI=1S/C61H66F2N6O12.CH4O/c1-31-15-13-16-33(3)56(75)65-48-47-46(43-44(52(48)73)51(72)36(6)53-45(43)55(74)59(7,81-53)80-28-14-17-32(2)49(70)35(5)50(71)34(4)29-31)67-60(68-47)24-26-69(27-25-60)42-23-22-38(62)30-41(42)64-58(77)54(61(78,79)37-18-9-8-10-19-37)66-57(76)39-20-11-12-21-40(39)63;1-2/h8-16,18-23,28,30-32,34-35,49-50,54,70-73,78-79H,17,24-27,29H2,1-7H3,(H,64,77)(H,65,75)(H,66,76);2H,1H3/b15-13+,28-14+,33-16-;/t31?,32-,34-,35?,49?,50?,54?,59-;/m1./s1. The Bertz CT molecular complexity index is 3570. The summed E-state index contributed by atoms with van der Waals surface area (Å²) in [4.78, 5) is 68.9. The fourth-order valence-electron chi connectivity index (χ4n) is 11.2. The average molecular weight is 1150 g/mol. The van der Waals surface area contributed by atoms with Crippen molar-refractivity contribution >= 4 is 51.3 Å². The third-order valence-corrected chi connectivity index (χ3v) is 16.1. The molecule has 5 aromatic carbocycles. The molecule has 3 amide bonds. The lowest BCUT2D eigenvalue weighted by Crippen LogP contribution is -2.57. The van der Waals surface area contributed by atoms with Gasteiger partial charge in [-0.25, -0.2) is 8.78 Å². The van der Waals surface area contributed by atoms with Crippen molar-refractivity contribution in [2.45, 2.75) is 110 Å². The number of amides is 3. The molecule has 0 saturated carbocycles. The molecule has 5 aliphatic rings. The number of halogens is 2. The first-order valence-electron chi connectivity index (χ1n) is 27.3. The molecular weight excluding hydrogens is 1070 g/mol. The Hall–Kier alpha value is -8.08. The number of Topliss-reactive ketones (excluding diaryl/α,β-unsaturated/α-hetero) is 1. The van der Waals surface area contributed by atoms with E-state index < -0.39 is 93.6 Å². The van der Waals surface area contributed by atoms with Gasteiger partial charge in [0.2, 0.25) is 5.79 Å². The molecule has 5 unspecified atom stereocenters. The topological polar surface area (TPSA) is 292 Å². The molecule has 0 aromatic heterocycles. The van der Waals surface area contributed by atoms with E-state index in [0.29, 0.717) is 12.8 Å². The van der Waals surface area contributed by atoms with Gasteiger partial charge in [0, 0.05) is 68.0 Å². The number of allylic oxidation sites excluding steroid dienone is 4. The zero-order valence-electron chi connectivity index (χ0n) is 47.3. The fourth-order valence-corrected chi connectivity index (χ4v) is 11.2. The van der Waals surface area contributed by atoms with Crippen molar-refractivity contribution < 1.29 is 73.2 Å². The predicted octanol–water partition coefficient (Wildman–Crippen LogP) is 6.59. The Morgan fingerprint density at radius 2 is 1.52 bits per heavy atom.